The molecule has 0 aliphatic heterocycles. The highest BCUT2D eigenvalue weighted by atomic mass is 19.4. The Balaban J connectivity index is 2.98. The first-order valence-electron chi connectivity index (χ1n) is 4.50. The van der Waals surface area contributed by atoms with Crippen molar-refractivity contribution in [3.05, 3.63) is 29.8 Å². The summed E-state index contributed by atoms with van der Waals surface area (Å²) in [6.45, 7) is 1.64. The van der Waals surface area contributed by atoms with Gasteiger partial charge < -0.3 is 10.5 Å². The van der Waals surface area contributed by atoms with Gasteiger partial charge in [0.1, 0.15) is 5.75 Å². The molecular formula is C11H10F3NO. The first-order valence-corrected chi connectivity index (χ1v) is 4.50. The zero-order valence-electron chi connectivity index (χ0n) is 8.51. The van der Waals surface area contributed by atoms with Crippen LogP contribution in [0.15, 0.2) is 24.3 Å². The van der Waals surface area contributed by atoms with E-state index in [1.54, 1.807) is 13.0 Å². The van der Waals surface area contributed by atoms with Gasteiger partial charge >= 0.3 is 6.36 Å². The summed E-state index contributed by atoms with van der Waals surface area (Å²) in [6, 6.07) is 5.26. The van der Waals surface area contributed by atoms with E-state index in [4.69, 9.17) is 5.73 Å². The van der Waals surface area contributed by atoms with Gasteiger partial charge in [0.15, 0.2) is 0 Å². The van der Waals surface area contributed by atoms with E-state index >= 15 is 0 Å². The highest BCUT2D eigenvalue weighted by molar-refractivity contribution is 5.46. The Morgan fingerprint density at radius 3 is 2.50 bits per heavy atom. The van der Waals surface area contributed by atoms with E-state index in [-0.39, 0.29) is 11.3 Å². The molecule has 0 aromatic heterocycles. The van der Waals surface area contributed by atoms with E-state index in [2.05, 4.69) is 16.6 Å². The third kappa shape index (κ3) is 4.24. The number of hydrogen-bond acceptors (Lipinski definition) is 2. The summed E-state index contributed by atoms with van der Waals surface area (Å²) in [5.41, 5.74) is 5.54. The van der Waals surface area contributed by atoms with E-state index in [0.717, 1.165) is 0 Å². The number of ether oxygens (including phenoxy) is 1. The van der Waals surface area contributed by atoms with Crippen LogP contribution in [0.2, 0.25) is 0 Å². The molecule has 0 fully saturated rings. The normalized spacial score (nSPS) is 12.6. The van der Waals surface area contributed by atoms with Gasteiger partial charge in [-0.05, 0) is 19.1 Å². The van der Waals surface area contributed by atoms with Gasteiger partial charge in [-0.1, -0.05) is 24.0 Å². The van der Waals surface area contributed by atoms with Crippen LogP contribution in [0.3, 0.4) is 0 Å². The average molecular weight is 229 g/mol. The van der Waals surface area contributed by atoms with Crippen LogP contribution in [0.1, 0.15) is 12.5 Å². The van der Waals surface area contributed by atoms with Gasteiger partial charge in [-0.2, -0.15) is 0 Å². The van der Waals surface area contributed by atoms with Crippen molar-refractivity contribution in [3.63, 3.8) is 0 Å². The molecule has 0 saturated heterocycles. The number of alkyl halides is 3. The zero-order chi connectivity index (χ0) is 12.2. The molecule has 1 rings (SSSR count). The topological polar surface area (TPSA) is 35.2 Å². The molecule has 1 aromatic rings. The summed E-state index contributed by atoms with van der Waals surface area (Å²) in [4.78, 5) is 0. The highest BCUT2D eigenvalue weighted by Crippen LogP contribution is 2.25. The number of benzene rings is 1. The molecule has 0 bridgehead atoms. The Kier molecular flexibility index (Phi) is 3.80. The molecule has 0 amide bonds. The second kappa shape index (κ2) is 4.90. The van der Waals surface area contributed by atoms with Crippen molar-refractivity contribution >= 4 is 0 Å². The number of halogens is 3. The highest BCUT2D eigenvalue weighted by Gasteiger charge is 2.31. The van der Waals surface area contributed by atoms with Crippen molar-refractivity contribution in [2.24, 2.45) is 5.73 Å². The molecule has 0 heterocycles. The first-order chi connectivity index (χ1) is 7.38. The molecule has 0 aliphatic carbocycles. The minimum absolute atomic E-state index is 0.164. The molecular weight excluding hydrogens is 219 g/mol. The molecule has 1 aromatic carbocycles. The molecule has 0 aliphatic rings. The molecule has 86 valence electrons. The maximum atomic E-state index is 12.0. The molecule has 1 atom stereocenters. The minimum Gasteiger partial charge on any atom is -0.404 e. The fourth-order valence-corrected chi connectivity index (χ4v) is 0.975. The molecule has 2 nitrogen and oxygen atoms in total. The van der Waals surface area contributed by atoms with E-state index in [1.807, 2.05) is 0 Å². The van der Waals surface area contributed by atoms with E-state index in [0.29, 0.717) is 0 Å². The lowest BCUT2D eigenvalue weighted by Gasteiger charge is -2.09. The quantitative estimate of drug-likeness (QED) is 0.750. The number of hydrogen-bond donors (Lipinski definition) is 1. The van der Waals surface area contributed by atoms with E-state index in [9.17, 15) is 13.2 Å². The number of para-hydroxylation sites is 1. The fourth-order valence-electron chi connectivity index (χ4n) is 0.975. The van der Waals surface area contributed by atoms with Crippen LogP contribution in [0.5, 0.6) is 5.75 Å². The molecule has 5 heteroatoms. The Hall–Kier alpha value is -1.67. The van der Waals surface area contributed by atoms with Gasteiger partial charge in [0.05, 0.1) is 11.6 Å². The van der Waals surface area contributed by atoms with Gasteiger partial charge in [0.2, 0.25) is 0 Å². The molecule has 2 N–H and O–H groups in total. The van der Waals surface area contributed by atoms with Gasteiger partial charge in [-0.15, -0.1) is 13.2 Å². The van der Waals surface area contributed by atoms with Crippen LogP contribution in [0.25, 0.3) is 0 Å². The van der Waals surface area contributed by atoms with Gasteiger partial charge in [0.25, 0.3) is 0 Å². The van der Waals surface area contributed by atoms with Crippen LogP contribution in [-0.2, 0) is 0 Å². The summed E-state index contributed by atoms with van der Waals surface area (Å²) in [7, 11) is 0. The Bertz CT molecular complexity index is 415. The molecule has 0 saturated carbocycles. The fraction of sp³-hybridized carbons (Fsp3) is 0.273. The Morgan fingerprint density at radius 1 is 1.31 bits per heavy atom. The van der Waals surface area contributed by atoms with Crippen molar-refractivity contribution in [1.29, 1.82) is 0 Å². The monoisotopic (exact) mass is 229 g/mol. The lowest BCUT2D eigenvalue weighted by atomic mass is 10.2. The van der Waals surface area contributed by atoms with Crippen molar-refractivity contribution in [2.45, 2.75) is 19.3 Å². The van der Waals surface area contributed by atoms with E-state index in [1.165, 1.54) is 18.2 Å². The number of nitrogens with two attached hydrogens (primary N) is 1. The van der Waals surface area contributed by atoms with E-state index < -0.39 is 12.4 Å². The number of rotatable bonds is 1. The summed E-state index contributed by atoms with van der Waals surface area (Å²) < 4.78 is 39.9. The van der Waals surface area contributed by atoms with Crippen LogP contribution in [0, 0.1) is 11.8 Å². The third-order valence-electron chi connectivity index (χ3n) is 1.55. The van der Waals surface area contributed by atoms with Crippen LogP contribution < -0.4 is 10.5 Å². The van der Waals surface area contributed by atoms with Crippen molar-refractivity contribution in [3.8, 4) is 17.6 Å². The predicted molar refractivity (Wildman–Crippen MR) is 53.7 cm³/mol. The molecule has 0 radical (unpaired) electrons. The van der Waals surface area contributed by atoms with Crippen molar-refractivity contribution in [2.75, 3.05) is 0 Å². The average Bonchev–Trinajstić information content (AvgIpc) is 2.14. The van der Waals surface area contributed by atoms with Gasteiger partial charge in [0, 0.05) is 0 Å². The van der Waals surface area contributed by atoms with Crippen LogP contribution in [-0.4, -0.2) is 12.4 Å². The first kappa shape index (κ1) is 12.4. The summed E-state index contributed by atoms with van der Waals surface area (Å²) in [5, 5.41) is 0. The zero-order valence-corrected chi connectivity index (χ0v) is 8.51. The van der Waals surface area contributed by atoms with Crippen molar-refractivity contribution < 1.29 is 17.9 Å². The Morgan fingerprint density at radius 2 is 1.94 bits per heavy atom. The standard InChI is InChI=1S/C11H10F3NO/c1-8(15)6-7-9-4-2-3-5-10(9)16-11(12,13)14/h2-5,8H,15H2,1H3. The summed E-state index contributed by atoms with van der Waals surface area (Å²) in [6.07, 6.45) is -4.72. The third-order valence-corrected chi connectivity index (χ3v) is 1.55. The van der Waals surface area contributed by atoms with Crippen LogP contribution in [0.4, 0.5) is 13.2 Å². The molecule has 1 unspecified atom stereocenters. The van der Waals surface area contributed by atoms with Crippen LogP contribution >= 0.6 is 0 Å². The lowest BCUT2D eigenvalue weighted by Crippen LogP contribution is -2.17. The lowest BCUT2D eigenvalue weighted by molar-refractivity contribution is -0.274. The second-order valence-electron chi connectivity index (χ2n) is 3.10. The predicted octanol–water partition coefficient (Wildman–Crippen LogP) is 2.28. The van der Waals surface area contributed by atoms with Gasteiger partial charge in [-0.25, -0.2) is 0 Å². The second-order valence-corrected chi connectivity index (χ2v) is 3.10. The maximum Gasteiger partial charge on any atom is 0.573 e. The summed E-state index contributed by atoms with van der Waals surface area (Å²) >= 11 is 0. The Labute approximate surface area is 91.2 Å². The van der Waals surface area contributed by atoms with Gasteiger partial charge in [-0.3, -0.25) is 0 Å². The minimum atomic E-state index is -4.72. The SMILES string of the molecule is CC(N)C#Cc1ccccc1OC(F)(F)F. The molecule has 16 heavy (non-hydrogen) atoms. The van der Waals surface area contributed by atoms with Crippen molar-refractivity contribution in [1.82, 2.24) is 0 Å². The summed E-state index contributed by atoms with van der Waals surface area (Å²) in [5.74, 6) is 4.79. The smallest absolute Gasteiger partial charge is 0.404 e. The maximum absolute atomic E-state index is 12.0. The largest absolute Gasteiger partial charge is 0.573 e. The molecule has 0 spiro atoms.